The van der Waals surface area contributed by atoms with Crippen LogP contribution in [0.3, 0.4) is 0 Å². The molecule has 2 N–H and O–H groups in total. The molecule has 0 spiro atoms. The smallest absolute Gasteiger partial charge is 0.172 e. The van der Waals surface area contributed by atoms with E-state index in [1.165, 1.54) is 7.11 Å². The Morgan fingerprint density at radius 1 is 1.50 bits per heavy atom. The van der Waals surface area contributed by atoms with Crippen molar-refractivity contribution in [2.24, 2.45) is 0 Å². The maximum Gasteiger partial charge on any atom is 0.172 e. The molecule has 4 nitrogen and oxygen atoms in total. The van der Waals surface area contributed by atoms with Gasteiger partial charge in [-0.05, 0) is 33.6 Å². The lowest BCUT2D eigenvalue weighted by atomic mass is 10.2. The Labute approximate surface area is 90.8 Å². The SMILES string of the molecule is COc1cc(CN(C)O)cc(Br)c1O. The predicted molar refractivity (Wildman–Crippen MR) is 55.6 cm³/mol. The number of hydroxylamine groups is 2. The highest BCUT2D eigenvalue weighted by atomic mass is 79.9. The van der Waals surface area contributed by atoms with Crippen LogP contribution in [0.2, 0.25) is 0 Å². The van der Waals surface area contributed by atoms with Gasteiger partial charge in [-0.25, -0.2) is 0 Å². The van der Waals surface area contributed by atoms with Crippen molar-refractivity contribution < 1.29 is 15.1 Å². The minimum absolute atomic E-state index is 0.0665. The van der Waals surface area contributed by atoms with Crippen molar-refractivity contribution in [3.05, 3.63) is 22.2 Å². The van der Waals surface area contributed by atoms with Crippen LogP contribution in [0, 0.1) is 0 Å². The standard InChI is InChI=1S/C9H12BrNO3/c1-11(13)5-6-3-7(10)9(12)8(4-6)14-2/h3-4,12-13H,5H2,1-2H3. The third-order valence-electron chi connectivity index (χ3n) is 1.72. The number of aromatic hydroxyl groups is 1. The second-order valence-corrected chi connectivity index (χ2v) is 3.80. The van der Waals surface area contributed by atoms with Gasteiger partial charge in [-0.2, -0.15) is 5.06 Å². The van der Waals surface area contributed by atoms with Gasteiger partial charge in [-0.1, -0.05) is 0 Å². The lowest BCUT2D eigenvalue weighted by molar-refractivity contribution is -0.0732. The van der Waals surface area contributed by atoms with E-state index in [2.05, 4.69) is 15.9 Å². The second-order valence-electron chi connectivity index (χ2n) is 2.94. The summed E-state index contributed by atoms with van der Waals surface area (Å²) in [6.07, 6.45) is 0. The Kier molecular flexibility index (Phi) is 3.74. The molecule has 0 aromatic heterocycles. The fourth-order valence-electron chi connectivity index (χ4n) is 1.14. The summed E-state index contributed by atoms with van der Waals surface area (Å²) in [6.45, 7) is 0.370. The molecule has 0 fully saturated rings. The molecule has 0 aliphatic heterocycles. The van der Waals surface area contributed by atoms with E-state index in [-0.39, 0.29) is 5.75 Å². The van der Waals surface area contributed by atoms with Crippen molar-refractivity contribution in [2.45, 2.75) is 6.54 Å². The number of halogens is 1. The molecule has 0 bridgehead atoms. The van der Waals surface area contributed by atoms with Crippen molar-refractivity contribution in [2.75, 3.05) is 14.2 Å². The van der Waals surface area contributed by atoms with Gasteiger partial charge in [0, 0.05) is 13.6 Å². The quantitative estimate of drug-likeness (QED) is 0.818. The number of benzene rings is 1. The molecule has 0 saturated carbocycles. The maximum absolute atomic E-state index is 9.51. The number of phenolic OH excluding ortho intramolecular Hbond substituents is 1. The van der Waals surface area contributed by atoms with Crippen molar-refractivity contribution >= 4 is 15.9 Å². The molecule has 0 amide bonds. The van der Waals surface area contributed by atoms with Crippen molar-refractivity contribution in [1.82, 2.24) is 5.06 Å². The van der Waals surface area contributed by atoms with Crippen LogP contribution in [0.25, 0.3) is 0 Å². The Morgan fingerprint density at radius 2 is 2.14 bits per heavy atom. The van der Waals surface area contributed by atoms with Crippen LogP contribution in [-0.2, 0) is 6.54 Å². The number of phenols is 1. The predicted octanol–water partition coefficient (Wildman–Crippen LogP) is 1.98. The zero-order valence-electron chi connectivity index (χ0n) is 7.99. The van der Waals surface area contributed by atoms with Gasteiger partial charge in [0.1, 0.15) is 0 Å². The number of rotatable bonds is 3. The topological polar surface area (TPSA) is 52.9 Å². The van der Waals surface area contributed by atoms with Gasteiger partial charge in [0.25, 0.3) is 0 Å². The summed E-state index contributed by atoms with van der Waals surface area (Å²) < 4.78 is 5.52. The lowest BCUT2D eigenvalue weighted by Crippen LogP contribution is -2.11. The molecule has 1 rings (SSSR count). The summed E-state index contributed by atoms with van der Waals surface area (Å²) >= 11 is 3.20. The lowest BCUT2D eigenvalue weighted by Gasteiger charge is -2.11. The fraction of sp³-hybridized carbons (Fsp3) is 0.333. The average Bonchev–Trinajstić information content (AvgIpc) is 2.10. The highest BCUT2D eigenvalue weighted by Gasteiger charge is 2.09. The normalized spacial score (nSPS) is 10.6. The van der Waals surface area contributed by atoms with Gasteiger partial charge >= 0.3 is 0 Å². The summed E-state index contributed by atoms with van der Waals surface area (Å²) in [5.74, 6) is 0.452. The molecule has 0 saturated heterocycles. The zero-order chi connectivity index (χ0) is 10.7. The van der Waals surface area contributed by atoms with Crippen LogP contribution in [0.1, 0.15) is 5.56 Å². The molecule has 14 heavy (non-hydrogen) atoms. The summed E-state index contributed by atoms with van der Waals surface area (Å²) in [5, 5.41) is 19.6. The number of methoxy groups -OCH3 is 1. The van der Waals surface area contributed by atoms with E-state index >= 15 is 0 Å². The van der Waals surface area contributed by atoms with E-state index in [1.807, 2.05) is 0 Å². The first-order chi connectivity index (χ1) is 6.54. The molecule has 0 unspecified atom stereocenters. The van der Waals surface area contributed by atoms with Crippen LogP contribution < -0.4 is 4.74 Å². The monoisotopic (exact) mass is 261 g/mol. The van der Waals surface area contributed by atoms with E-state index < -0.39 is 0 Å². The van der Waals surface area contributed by atoms with Crippen LogP contribution in [0.15, 0.2) is 16.6 Å². The first kappa shape index (κ1) is 11.3. The van der Waals surface area contributed by atoms with Crippen molar-refractivity contribution in [1.29, 1.82) is 0 Å². The van der Waals surface area contributed by atoms with E-state index in [1.54, 1.807) is 19.2 Å². The Hall–Kier alpha value is -0.780. The van der Waals surface area contributed by atoms with E-state index in [9.17, 15) is 5.11 Å². The number of hydrogen-bond acceptors (Lipinski definition) is 4. The highest BCUT2D eigenvalue weighted by Crippen LogP contribution is 2.35. The van der Waals surface area contributed by atoms with Crippen molar-refractivity contribution in [3.8, 4) is 11.5 Å². The van der Waals surface area contributed by atoms with Crippen LogP contribution >= 0.6 is 15.9 Å². The van der Waals surface area contributed by atoms with Gasteiger partial charge in [-0.15, -0.1) is 0 Å². The molecule has 0 heterocycles. The Morgan fingerprint density at radius 3 is 2.64 bits per heavy atom. The fourth-order valence-corrected chi connectivity index (χ4v) is 1.63. The minimum Gasteiger partial charge on any atom is -0.503 e. The maximum atomic E-state index is 9.51. The number of ether oxygens (including phenoxy) is 1. The summed E-state index contributed by atoms with van der Waals surface area (Å²) in [5.41, 5.74) is 0.844. The molecular formula is C9H12BrNO3. The van der Waals surface area contributed by atoms with Gasteiger partial charge in [0.05, 0.1) is 11.6 Å². The van der Waals surface area contributed by atoms with Crippen LogP contribution in [0.4, 0.5) is 0 Å². The molecular weight excluding hydrogens is 250 g/mol. The highest BCUT2D eigenvalue weighted by molar-refractivity contribution is 9.10. The summed E-state index contributed by atoms with van der Waals surface area (Å²) in [4.78, 5) is 0. The third-order valence-corrected chi connectivity index (χ3v) is 2.32. The minimum atomic E-state index is 0.0665. The van der Waals surface area contributed by atoms with Gasteiger partial charge < -0.3 is 15.1 Å². The van der Waals surface area contributed by atoms with Crippen LogP contribution in [0.5, 0.6) is 11.5 Å². The van der Waals surface area contributed by atoms with E-state index in [0.29, 0.717) is 16.8 Å². The van der Waals surface area contributed by atoms with Gasteiger partial charge in [-0.3, -0.25) is 0 Å². The largest absolute Gasteiger partial charge is 0.503 e. The van der Waals surface area contributed by atoms with E-state index in [0.717, 1.165) is 10.6 Å². The Bertz CT molecular complexity index is 328. The van der Waals surface area contributed by atoms with Gasteiger partial charge in [0.15, 0.2) is 11.5 Å². The van der Waals surface area contributed by atoms with Gasteiger partial charge in [0.2, 0.25) is 0 Å². The third kappa shape index (κ3) is 2.60. The summed E-state index contributed by atoms with van der Waals surface area (Å²) in [7, 11) is 3.03. The van der Waals surface area contributed by atoms with Crippen LogP contribution in [-0.4, -0.2) is 29.5 Å². The number of nitrogens with zero attached hydrogens (tertiary/aromatic N) is 1. The summed E-state index contributed by atoms with van der Waals surface area (Å²) in [6, 6.07) is 3.40. The molecule has 5 heteroatoms. The second kappa shape index (κ2) is 4.63. The molecule has 0 atom stereocenters. The first-order valence-electron chi connectivity index (χ1n) is 4.00. The molecule has 0 aliphatic carbocycles. The number of hydrogen-bond donors (Lipinski definition) is 2. The average molecular weight is 262 g/mol. The van der Waals surface area contributed by atoms with E-state index in [4.69, 9.17) is 9.94 Å². The Balaban J connectivity index is 3.03. The molecule has 0 aliphatic rings. The first-order valence-corrected chi connectivity index (χ1v) is 4.79. The zero-order valence-corrected chi connectivity index (χ0v) is 9.58. The molecule has 1 aromatic carbocycles. The molecule has 78 valence electrons. The molecule has 1 aromatic rings. The van der Waals surface area contributed by atoms with Crippen molar-refractivity contribution in [3.63, 3.8) is 0 Å². The molecule has 0 radical (unpaired) electrons.